The Balaban J connectivity index is 2.35. The average molecular weight is 297 g/mol. The van der Waals surface area contributed by atoms with Crippen LogP contribution in [0.25, 0.3) is 0 Å². The third-order valence-electron chi connectivity index (χ3n) is 4.14. The Kier molecular flexibility index (Phi) is 4.25. The molecule has 4 nitrogen and oxygen atoms in total. The SMILES string of the molecule is CC1CCN(C(=O)c2cc(F)c(F)cc2C(=O)O)CC1C. The zero-order chi connectivity index (χ0) is 15.7. The van der Waals surface area contributed by atoms with Crippen LogP contribution in [0.15, 0.2) is 12.1 Å². The number of aromatic carboxylic acids is 1. The Morgan fingerprint density at radius 2 is 1.71 bits per heavy atom. The molecule has 0 spiro atoms. The van der Waals surface area contributed by atoms with Gasteiger partial charge in [0.05, 0.1) is 11.1 Å². The highest BCUT2D eigenvalue weighted by molar-refractivity contribution is 6.04. The maximum atomic E-state index is 13.4. The van der Waals surface area contributed by atoms with E-state index < -0.39 is 29.1 Å². The van der Waals surface area contributed by atoms with E-state index in [1.54, 1.807) is 0 Å². The number of rotatable bonds is 2. The van der Waals surface area contributed by atoms with E-state index in [2.05, 4.69) is 6.92 Å². The van der Waals surface area contributed by atoms with Gasteiger partial charge in [-0.1, -0.05) is 13.8 Å². The zero-order valence-corrected chi connectivity index (χ0v) is 11.9. The summed E-state index contributed by atoms with van der Waals surface area (Å²) >= 11 is 0. The third kappa shape index (κ3) is 3.04. The number of benzene rings is 1. The van der Waals surface area contributed by atoms with Gasteiger partial charge < -0.3 is 10.0 Å². The highest BCUT2D eigenvalue weighted by Gasteiger charge is 2.29. The van der Waals surface area contributed by atoms with E-state index in [-0.39, 0.29) is 11.5 Å². The lowest BCUT2D eigenvalue weighted by Gasteiger charge is -2.35. The van der Waals surface area contributed by atoms with E-state index in [0.29, 0.717) is 31.1 Å². The number of nitrogens with zero attached hydrogens (tertiary/aromatic N) is 1. The second-order valence-corrected chi connectivity index (χ2v) is 5.61. The maximum absolute atomic E-state index is 13.4. The molecule has 114 valence electrons. The lowest BCUT2D eigenvalue weighted by atomic mass is 9.88. The first kappa shape index (κ1) is 15.4. The summed E-state index contributed by atoms with van der Waals surface area (Å²) in [5.74, 6) is -3.76. The molecule has 1 aromatic carbocycles. The molecule has 1 fully saturated rings. The largest absolute Gasteiger partial charge is 0.478 e. The smallest absolute Gasteiger partial charge is 0.336 e. The van der Waals surface area contributed by atoms with Gasteiger partial charge >= 0.3 is 5.97 Å². The molecule has 0 saturated carbocycles. The molecule has 1 aromatic rings. The van der Waals surface area contributed by atoms with Crippen LogP contribution in [0.1, 0.15) is 41.0 Å². The summed E-state index contributed by atoms with van der Waals surface area (Å²) < 4.78 is 26.5. The van der Waals surface area contributed by atoms with Crippen molar-refractivity contribution in [3.05, 3.63) is 34.9 Å². The van der Waals surface area contributed by atoms with Gasteiger partial charge in [0.25, 0.3) is 5.91 Å². The standard InChI is InChI=1S/C15H17F2NO3/c1-8-3-4-18(7-9(8)2)14(19)10-5-12(16)13(17)6-11(10)15(20)21/h5-6,8-9H,3-4,7H2,1-2H3,(H,20,21). The predicted molar refractivity (Wildman–Crippen MR) is 72.2 cm³/mol. The number of hydrogen-bond acceptors (Lipinski definition) is 2. The molecule has 1 aliphatic heterocycles. The first-order valence-corrected chi connectivity index (χ1v) is 6.83. The van der Waals surface area contributed by atoms with Gasteiger partial charge in [-0.3, -0.25) is 4.79 Å². The van der Waals surface area contributed by atoms with Crippen molar-refractivity contribution in [1.82, 2.24) is 4.90 Å². The minimum atomic E-state index is -1.45. The number of piperidine rings is 1. The Morgan fingerprint density at radius 3 is 2.24 bits per heavy atom. The molecule has 2 rings (SSSR count). The number of carboxylic acids is 1. The van der Waals surface area contributed by atoms with Crippen molar-refractivity contribution < 1.29 is 23.5 Å². The molecule has 0 aromatic heterocycles. The third-order valence-corrected chi connectivity index (χ3v) is 4.14. The molecule has 0 radical (unpaired) electrons. The van der Waals surface area contributed by atoms with Crippen molar-refractivity contribution >= 4 is 11.9 Å². The van der Waals surface area contributed by atoms with Crippen molar-refractivity contribution in [2.75, 3.05) is 13.1 Å². The number of carboxylic acid groups (broad SMARTS) is 1. The molecule has 1 aliphatic rings. The van der Waals surface area contributed by atoms with Crippen molar-refractivity contribution in [2.45, 2.75) is 20.3 Å². The summed E-state index contributed by atoms with van der Waals surface area (Å²) in [6.45, 7) is 5.07. The number of amides is 1. The second kappa shape index (κ2) is 5.79. The minimum Gasteiger partial charge on any atom is -0.478 e. The van der Waals surface area contributed by atoms with Crippen LogP contribution < -0.4 is 0 Å². The first-order valence-electron chi connectivity index (χ1n) is 6.83. The van der Waals surface area contributed by atoms with Crippen molar-refractivity contribution in [2.24, 2.45) is 11.8 Å². The minimum absolute atomic E-state index is 0.279. The van der Waals surface area contributed by atoms with Crippen LogP contribution in [0.4, 0.5) is 8.78 Å². The fraction of sp³-hybridized carbons (Fsp3) is 0.467. The number of carbonyl (C=O) groups excluding carboxylic acids is 1. The lowest BCUT2D eigenvalue weighted by Crippen LogP contribution is -2.42. The van der Waals surface area contributed by atoms with E-state index in [0.717, 1.165) is 6.42 Å². The summed E-state index contributed by atoms with van der Waals surface area (Å²) in [4.78, 5) is 25.0. The summed E-state index contributed by atoms with van der Waals surface area (Å²) in [6.07, 6.45) is 0.805. The summed E-state index contributed by atoms with van der Waals surface area (Å²) in [6, 6.07) is 1.23. The van der Waals surface area contributed by atoms with Gasteiger partial charge in [0, 0.05) is 13.1 Å². The van der Waals surface area contributed by atoms with E-state index >= 15 is 0 Å². The van der Waals surface area contributed by atoms with Crippen LogP contribution in [0, 0.1) is 23.5 Å². The highest BCUT2D eigenvalue weighted by atomic mass is 19.2. The molecule has 21 heavy (non-hydrogen) atoms. The summed E-state index contributed by atoms with van der Waals surface area (Å²) in [5.41, 5.74) is -0.812. The quantitative estimate of drug-likeness (QED) is 0.913. The van der Waals surface area contributed by atoms with Crippen LogP contribution in [-0.4, -0.2) is 35.0 Å². The molecule has 1 amide bonds. The average Bonchev–Trinajstić information content (AvgIpc) is 2.43. The Morgan fingerprint density at radius 1 is 1.14 bits per heavy atom. The van der Waals surface area contributed by atoms with Gasteiger partial charge in [0.1, 0.15) is 0 Å². The molecule has 1 N–H and O–H groups in total. The Labute approximate surface area is 121 Å². The van der Waals surface area contributed by atoms with Crippen LogP contribution >= 0.6 is 0 Å². The second-order valence-electron chi connectivity index (χ2n) is 5.61. The monoisotopic (exact) mass is 297 g/mol. The highest BCUT2D eigenvalue weighted by Crippen LogP contribution is 2.25. The maximum Gasteiger partial charge on any atom is 0.336 e. The fourth-order valence-corrected chi connectivity index (χ4v) is 2.52. The predicted octanol–water partition coefficient (Wildman–Crippen LogP) is 2.78. The van der Waals surface area contributed by atoms with Crippen molar-refractivity contribution in [3.63, 3.8) is 0 Å². The number of carbonyl (C=O) groups is 2. The van der Waals surface area contributed by atoms with Crippen LogP contribution in [-0.2, 0) is 0 Å². The molecule has 2 atom stereocenters. The molecule has 6 heteroatoms. The molecule has 1 saturated heterocycles. The molecular weight excluding hydrogens is 280 g/mol. The lowest BCUT2D eigenvalue weighted by molar-refractivity contribution is 0.0607. The van der Waals surface area contributed by atoms with Gasteiger partial charge in [0.15, 0.2) is 11.6 Å². The van der Waals surface area contributed by atoms with Crippen LogP contribution in [0.2, 0.25) is 0 Å². The Hall–Kier alpha value is -1.98. The summed E-state index contributed by atoms with van der Waals surface area (Å²) in [5, 5.41) is 9.06. The summed E-state index contributed by atoms with van der Waals surface area (Å²) in [7, 11) is 0. The molecule has 2 unspecified atom stereocenters. The zero-order valence-electron chi connectivity index (χ0n) is 11.9. The molecule has 1 heterocycles. The number of hydrogen-bond donors (Lipinski definition) is 1. The van der Waals surface area contributed by atoms with Crippen molar-refractivity contribution in [1.29, 1.82) is 0 Å². The van der Waals surface area contributed by atoms with Gasteiger partial charge in [0.2, 0.25) is 0 Å². The van der Waals surface area contributed by atoms with E-state index in [9.17, 15) is 18.4 Å². The fourth-order valence-electron chi connectivity index (χ4n) is 2.52. The van der Waals surface area contributed by atoms with E-state index in [1.165, 1.54) is 4.90 Å². The first-order chi connectivity index (χ1) is 9.81. The van der Waals surface area contributed by atoms with Crippen LogP contribution in [0.5, 0.6) is 0 Å². The van der Waals surface area contributed by atoms with Gasteiger partial charge in [-0.15, -0.1) is 0 Å². The van der Waals surface area contributed by atoms with E-state index in [4.69, 9.17) is 5.11 Å². The van der Waals surface area contributed by atoms with Gasteiger partial charge in [-0.25, -0.2) is 13.6 Å². The van der Waals surface area contributed by atoms with Gasteiger partial charge in [-0.05, 0) is 30.4 Å². The molecule has 0 bridgehead atoms. The van der Waals surface area contributed by atoms with E-state index in [1.807, 2.05) is 6.92 Å². The normalized spacial score (nSPS) is 22.2. The topological polar surface area (TPSA) is 57.6 Å². The van der Waals surface area contributed by atoms with Crippen LogP contribution in [0.3, 0.4) is 0 Å². The molecular formula is C15H17F2NO3. The van der Waals surface area contributed by atoms with Gasteiger partial charge in [-0.2, -0.15) is 0 Å². The number of halogens is 2. The molecule has 0 aliphatic carbocycles. The number of likely N-dealkylation sites (tertiary alicyclic amines) is 1. The van der Waals surface area contributed by atoms with Crippen molar-refractivity contribution in [3.8, 4) is 0 Å². The Bertz CT molecular complexity index is 589.